The van der Waals surface area contributed by atoms with Gasteiger partial charge < -0.3 is 0 Å². The molecule has 0 radical (unpaired) electrons. The number of pyridine rings is 1. The third-order valence-corrected chi connectivity index (χ3v) is 7.03. The first-order valence-corrected chi connectivity index (χ1v) is 11.6. The summed E-state index contributed by atoms with van der Waals surface area (Å²) < 4.78 is 27.6. The van der Waals surface area contributed by atoms with Gasteiger partial charge in [-0.05, 0) is 65.8 Å². The fourth-order valence-electron chi connectivity index (χ4n) is 5.35. The maximum Gasteiger partial charge on any atom is 0.159 e. The summed E-state index contributed by atoms with van der Waals surface area (Å²) in [6.07, 6.45) is 7.82. The Bertz CT molecular complexity index is 1350. The Morgan fingerprint density at radius 1 is 0.912 bits per heavy atom. The molecule has 0 bridgehead atoms. The van der Waals surface area contributed by atoms with Crippen molar-refractivity contribution in [3.8, 4) is 22.4 Å². The minimum absolute atomic E-state index is 0.370. The third kappa shape index (κ3) is 3.74. The van der Waals surface area contributed by atoms with E-state index in [0.717, 1.165) is 48.8 Å². The lowest BCUT2D eigenvalue weighted by atomic mass is 9.91. The van der Waals surface area contributed by atoms with Crippen molar-refractivity contribution in [3.63, 3.8) is 0 Å². The predicted octanol–water partition coefficient (Wildman–Crippen LogP) is 6.06. The van der Waals surface area contributed by atoms with Gasteiger partial charge in [0.15, 0.2) is 11.6 Å². The molecule has 34 heavy (non-hydrogen) atoms. The summed E-state index contributed by atoms with van der Waals surface area (Å²) in [5.74, 6) is -1.22. The highest BCUT2D eigenvalue weighted by molar-refractivity contribution is 5.89. The molecule has 4 aromatic rings. The number of halogens is 2. The van der Waals surface area contributed by atoms with Crippen LogP contribution < -0.4 is 0 Å². The number of aromatic nitrogens is 3. The van der Waals surface area contributed by atoms with Crippen molar-refractivity contribution in [1.29, 1.82) is 0 Å². The molecule has 2 aromatic heterocycles. The molecule has 4 nitrogen and oxygen atoms in total. The Labute approximate surface area is 197 Å². The number of H-pyrrole nitrogens is 1. The van der Waals surface area contributed by atoms with Gasteiger partial charge in [-0.25, -0.2) is 8.78 Å². The second kappa shape index (κ2) is 8.61. The number of rotatable bonds is 4. The van der Waals surface area contributed by atoms with Crippen LogP contribution in [-0.2, 0) is 0 Å². The van der Waals surface area contributed by atoms with Crippen LogP contribution in [0.3, 0.4) is 0 Å². The van der Waals surface area contributed by atoms with Crippen LogP contribution in [0.4, 0.5) is 8.78 Å². The number of nitrogens with zero attached hydrogens (tertiary/aromatic N) is 3. The van der Waals surface area contributed by atoms with Gasteiger partial charge in [-0.3, -0.25) is 15.0 Å². The van der Waals surface area contributed by atoms with Gasteiger partial charge in [0.25, 0.3) is 0 Å². The fraction of sp³-hybridized carbons (Fsp3) is 0.214. The maximum absolute atomic E-state index is 14.0. The molecule has 2 aliphatic heterocycles. The zero-order valence-corrected chi connectivity index (χ0v) is 18.6. The monoisotopic (exact) mass is 454 g/mol. The first-order chi connectivity index (χ1) is 16.7. The van der Waals surface area contributed by atoms with E-state index in [1.807, 2.05) is 12.1 Å². The van der Waals surface area contributed by atoms with E-state index in [-0.39, 0.29) is 0 Å². The van der Waals surface area contributed by atoms with Gasteiger partial charge >= 0.3 is 0 Å². The molecule has 6 heteroatoms. The number of fused-ring (bicyclic) bond motifs is 1. The molecule has 0 spiro atoms. The smallest absolute Gasteiger partial charge is 0.159 e. The van der Waals surface area contributed by atoms with Gasteiger partial charge in [-0.2, -0.15) is 5.10 Å². The summed E-state index contributed by atoms with van der Waals surface area (Å²) in [6.45, 7) is 2.05. The van der Waals surface area contributed by atoms with E-state index in [2.05, 4.69) is 56.5 Å². The summed E-state index contributed by atoms with van der Waals surface area (Å²) in [7, 11) is 0. The third-order valence-electron chi connectivity index (χ3n) is 7.03. The van der Waals surface area contributed by atoms with E-state index >= 15 is 0 Å². The molecule has 1 fully saturated rings. The van der Waals surface area contributed by atoms with Gasteiger partial charge in [0.1, 0.15) is 5.69 Å². The Morgan fingerprint density at radius 2 is 1.74 bits per heavy atom. The lowest BCUT2D eigenvalue weighted by molar-refractivity contribution is 0.285. The fourth-order valence-corrected chi connectivity index (χ4v) is 5.35. The number of benzene rings is 2. The van der Waals surface area contributed by atoms with Gasteiger partial charge in [0, 0.05) is 42.7 Å². The molecule has 1 saturated heterocycles. The second-order valence-electron chi connectivity index (χ2n) is 9.03. The van der Waals surface area contributed by atoms with Crippen molar-refractivity contribution in [2.45, 2.75) is 24.8 Å². The van der Waals surface area contributed by atoms with Gasteiger partial charge in [0.05, 0.1) is 5.69 Å². The van der Waals surface area contributed by atoms with Gasteiger partial charge in [-0.1, -0.05) is 36.4 Å². The van der Waals surface area contributed by atoms with Gasteiger partial charge in [-0.15, -0.1) is 0 Å². The molecular weight excluding hydrogens is 430 g/mol. The molecule has 1 N–H and O–H groups in total. The van der Waals surface area contributed by atoms with Crippen LogP contribution in [0.2, 0.25) is 0 Å². The van der Waals surface area contributed by atoms with E-state index in [1.54, 1.807) is 18.5 Å². The molecule has 0 amide bonds. The lowest BCUT2D eigenvalue weighted by Gasteiger charge is -2.28. The van der Waals surface area contributed by atoms with E-state index in [9.17, 15) is 8.78 Å². The number of nitrogens with one attached hydrogen (secondary N) is 1. The Hall–Kier alpha value is -3.64. The maximum atomic E-state index is 14.0. The van der Waals surface area contributed by atoms with Crippen LogP contribution in [0.15, 0.2) is 79.1 Å². The Balaban J connectivity index is 1.39. The topological polar surface area (TPSA) is 44.8 Å². The van der Waals surface area contributed by atoms with Crippen molar-refractivity contribution < 1.29 is 8.78 Å². The van der Waals surface area contributed by atoms with Crippen molar-refractivity contribution in [1.82, 2.24) is 20.1 Å². The van der Waals surface area contributed by atoms with Crippen molar-refractivity contribution in [2.24, 2.45) is 0 Å². The van der Waals surface area contributed by atoms with Crippen LogP contribution in [0.5, 0.6) is 0 Å². The lowest BCUT2D eigenvalue weighted by Crippen LogP contribution is -2.32. The molecule has 0 unspecified atom stereocenters. The van der Waals surface area contributed by atoms with Crippen molar-refractivity contribution >= 4 is 5.57 Å². The average Bonchev–Trinajstić information content (AvgIpc) is 3.51. The number of hydrogen-bond donors (Lipinski definition) is 1. The van der Waals surface area contributed by atoms with Crippen molar-refractivity contribution in [3.05, 3.63) is 102 Å². The first-order valence-electron chi connectivity index (χ1n) is 11.6. The summed E-state index contributed by atoms with van der Waals surface area (Å²) in [5.41, 5.74) is 6.53. The first kappa shape index (κ1) is 20.9. The standard InChI is InChI=1S/C28H24F2N4/c29-24-7-6-20(16-25(24)30)27-26(19-8-11-31-12-9-19)28(33-32-27)21-10-13-34-17-22(15-23(34)14-21)18-4-2-1-3-5-18/h1-9,11-12,14,16,22-23H,10,13,15,17H2,(H,32,33)/t22-,23-/m1/s1. The van der Waals surface area contributed by atoms with E-state index in [1.165, 1.54) is 17.2 Å². The number of hydrogen-bond acceptors (Lipinski definition) is 3. The summed E-state index contributed by atoms with van der Waals surface area (Å²) >= 11 is 0. The Kier molecular flexibility index (Phi) is 5.30. The van der Waals surface area contributed by atoms with Crippen LogP contribution in [0.25, 0.3) is 28.0 Å². The van der Waals surface area contributed by atoms with Crippen LogP contribution in [0.1, 0.15) is 30.0 Å². The van der Waals surface area contributed by atoms with Crippen LogP contribution in [-0.4, -0.2) is 39.2 Å². The molecule has 0 saturated carbocycles. The molecule has 2 atom stereocenters. The zero-order chi connectivity index (χ0) is 23.1. The number of aromatic amines is 1. The molecule has 2 aliphatic rings. The molecule has 0 aliphatic carbocycles. The highest BCUT2D eigenvalue weighted by Gasteiger charge is 2.35. The average molecular weight is 455 g/mol. The molecule has 6 rings (SSSR count). The quantitative estimate of drug-likeness (QED) is 0.408. The molecular formula is C28H24F2N4. The summed E-state index contributed by atoms with van der Waals surface area (Å²) in [6, 6.07) is 18.9. The summed E-state index contributed by atoms with van der Waals surface area (Å²) in [4.78, 5) is 6.70. The minimum atomic E-state index is -0.881. The van der Waals surface area contributed by atoms with E-state index in [4.69, 9.17) is 0 Å². The molecule has 170 valence electrons. The van der Waals surface area contributed by atoms with Crippen LogP contribution in [0, 0.1) is 11.6 Å². The summed E-state index contributed by atoms with van der Waals surface area (Å²) in [5, 5.41) is 7.79. The van der Waals surface area contributed by atoms with Gasteiger partial charge in [0.2, 0.25) is 0 Å². The Morgan fingerprint density at radius 3 is 2.53 bits per heavy atom. The SMILES string of the molecule is Fc1ccc(-c2n[nH]c(C3=C[C@@H]4C[C@@H](c5ccccc5)CN4CC3)c2-c2ccncc2)cc1F. The van der Waals surface area contributed by atoms with E-state index < -0.39 is 11.6 Å². The second-order valence-corrected chi connectivity index (χ2v) is 9.03. The predicted molar refractivity (Wildman–Crippen MR) is 129 cm³/mol. The molecule has 2 aromatic carbocycles. The normalized spacial score (nSPS) is 20.2. The molecule has 4 heterocycles. The highest BCUT2D eigenvalue weighted by atomic mass is 19.2. The zero-order valence-electron chi connectivity index (χ0n) is 18.6. The van der Waals surface area contributed by atoms with Crippen LogP contribution >= 0.6 is 0 Å². The highest BCUT2D eigenvalue weighted by Crippen LogP contribution is 2.41. The van der Waals surface area contributed by atoms with E-state index in [0.29, 0.717) is 23.2 Å². The largest absolute Gasteiger partial charge is 0.296 e. The van der Waals surface area contributed by atoms with Crippen molar-refractivity contribution in [2.75, 3.05) is 13.1 Å². The minimum Gasteiger partial charge on any atom is -0.296 e.